The minimum absolute atomic E-state index is 0.143. The zero-order valence-corrected chi connectivity index (χ0v) is 18.3. The molecule has 1 aromatic rings. The Balaban J connectivity index is 1.19. The number of hydrogen-bond donors (Lipinski definition) is 1. The molecule has 3 fully saturated rings. The molecule has 1 aliphatic carbocycles. The Morgan fingerprint density at radius 3 is 2.39 bits per heavy atom. The molecule has 4 rings (SSSR count). The molecule has 0 radical (unpaired) electrons. The van der Waals surface area contributed by atoms with Crippen molar-refractivity contribution in [2.75, 3.05) is 70.3 Å². The number of pyridine rings is 1. The van der Waals surface area contributed by atoms with E-state index in [1.165, 1.54) is 19.3 Å². The van der Waals surface area contributed by atoms with Gasteiger partial charge < -0.3 is 15.1 Å². The van der Waals surface area contributed by atoms with Gasteiger partial charge in [0.25, 0.3) is 5.91 Å². The number of piperazine rings is 2. The van der Waals surface area contributed by atoms with Crippen molar-refractivity contribution >= 4 is 17.6 Å². The molecule has 31 heavy (non-hydrogen) atoms. The number of aromatic nitrogens is 1. The van der Waals surface area contributed by atoms with Gasteiger partial charge in [0, 0.05) is 71.1 Å². The third-order valence-corrected chi connectivity index (χ3v) is 6.73. The summed E-state index contributed by atoms with van der Waals surface area (Å²) in [6.45, 7) is 11.7. The molecule has 0 bridgehead atoms. The second kappa shape index (κ2) is 10.2. The first-order valence-corrected chi connectivity index (χ1v) is 11.5. The molecule has 3 heterocycles. The molecule has 1 saturated carbocycles. The topological polar surface area (TPSA) is 72.0 Å². The largest absolute Gasteiger partial charge is 0.354 e. The van der Waals surface area contributed by atoms with E-state index in [1.807, 2.05) is 11.0 Å². The Bertz CT molecular complexity index is 763. The van der Waals surface area contributed by atoms with Crippen molar-refractivity contribution in [1.29, 1.82) is 0 Å². The van der Waals surface area contributed by atoms with E-state index in [-0.39, 0.29) is 11.8 Å². The lowest BCUT2D eigenvalue weighted by molar-refractivity contribution is -0.134. The van der Waals surface area contributed by atoms with E-state index in [9.17, 15) is 9.59 Å². The molecule has 0 unspecified atom stereocenters. The van der Waals surface area contributed by atoms with Gasteiger partial charge in [-0.25, -0.2) is 4.98 Å². The highest BCUT2D eigenvalue weighted by Crippen LogP contribution is 2.25. The fourth-order valence-electron chi connectivity index (χ4n) is 4.49. The molecule has 2 aliphatic heterocycles. The zero-order chi connectivity index (χ0) is 21.6. The van der Waals surface area contributed by atoms with Gasteiger partial charge >= 0.3 is 0 Å². The second-order valence-electron chi connectivity index (χ2n) is 8.67. The lowest BCUT2D eigenvalue weighted by Gasteiger charge is -2.43. The number of carbonyl (C=O) groups excluding carboxylic acids is 2. The standard InChI is InChI=1S/C23H34N6O2/c1-2-8-24-23(31)19-6-7-21(25-17-19)28-11-9-26(10-12-28)18-22(30)29-15-13-27(14-16-29)20-4-3-5-20/h2,6-7,17,20H,1,3-5,8-16,18H2,(H,24,31). The van der Waals surface area contributed by atoms with Crippen LogP contribution in [0.3, 0.4) is 0 Å². The number of nitrogens with zero attached hydrogens (tertiary/aromatic N) is 5. The van der Waals surface area contributed by atoms with Crippen molar-refractivity contribution in [2.45, 2.75) is 25.3 Å². The van der Waals surface area contributed by atoms with Crippen LogP contribution in [0.5, 0.6) is 0 Å². The predicted molar refractivity (Wildman–Crippen MR) is 121 cm³/mol. The summed E-state index contributed by atoms with van der Waals surface area (Å²) >= 11 is 0. The minimum Gasteiger partial charge on any atom is -0.354 e. The fourth-order valence-corrected chi connectivity index (χ4v) is 4.49. The average molecular weight is 427 g/mol. The van der Waals surface area contributed by atoms with Crippen molar-refractivity contribution in [3.05, 3.63) is 36.5 Å². The van der Waals surface area contributed by atoms with Crippen LogP contribution in [-0.2, 0) is 4.79 Å². The summed E-state index contributed by atoms with van der Waals surface area (Å²) in [5, 5.41) is 2.76. The van der Waals surface area contributed by atoms with E-state index >= 15 is 0 Å². The zero-order valence-electron chi connectivity index (χ0n) is 18.3. The fraction of sp³-hybridized carbons (Fsp3) is 0.609. The molecule has 0 atom stereocenters. The van der Waals surface area contributed by atoms with E-state index in [1.54, 1.807) is 18.3 Å². The van der Waals surface area contributed by atoms with Crippen LogP contribution in [0.1, 0.15) is 29.6 Å². The summed E-state index contributed by atoms with van der Waals surface area (Å²) in [7, 11) is 0. The lowest BCUT2D eigenvalue weighted by atomic mass is 9.91. The molecule has 0 aromatic carbocycles. The first-order valence-electron chi connectivity index (χ1n) is 11.5. The monoisotopic (exact) mass is 426 g/mol. The van der Waals surface area contributed by atoms with Crippen LogP contribution in [0.2, 0.25) is 0 Å². The average Bonchev–Trinajstić information content (AvgIpc) is 2.77. The van der Waals surface area contributed by atoms with Crippen molar-refractivity contribution < 1.29 is 9.59 Å². The van der Waals surface area contributed by atoms with Crippen LogP contribution in [0.15, 0.2) is 31.0 Å². The van der Waals surface area contributed by atoms with E-state index in [2.05, 4.69) is 31.6 Å². The van der Waals surface area contributed by atoms with Crippen LogP contribution in [0.25, 0.3) is 0 Å². The number of nitrogens with one attached hydrogen (secondary N) is 1. The summed E-state index contributed by atoms with van der Waals surface area (Å²) in [6.07, 6.45) is 7.29. The van der Waals surface area contributed by atoms with E-state index in [4.69, 9.17) is 0 Å². The highest BCUT2D eigenvalue weighted by Gasteiger charge is 2.30. The molecule has 2 amide bonds. The van der Waals surface area contributed by atoms with Gasteiger partial charge in [0.05, 0.1) is 12.1 Å². The third-order valence-electron chi connectivity index (χ3n) is 6.73. The number of anilines is 1. The van der Waals surface area contributed by atoms with Crippen LogP contribution in [-0.4, -0.2) is 103 Å². The van der Waals surface area contributed by atoms with Crippen molar-refractivity contribution in [3.63, 3.8) is 0 Å². The Hall–Kier alpha value is -2.45. The Morgan fingerprint density at radius 2 is 1.81 bits per heavy atom. The van der Waals surface area contributed by atoms with Gasteiger partial charge in [0.1, 0.15) is 5.82 Å². The molecular weight excluding hydrogens is 392 g/mol. The van der Waals surface area contributed by atoms with Gasteiger partial charge in [-0.2, -0.15) is 0 Å². The van der Waals surface area contributed by atoms with Gasteiger partial charge in [0.15, 0.2) is 0 Å². The molecule has 168 valence electrons. The lowest BCUT2D eigenvalue weighted by Crippen LogP contribution is -2.56. The van der Waals surface area contributed by atoms with Crippen molar-refractivity contribution in [1.82, 2.24) is 25.0 Å². The third kappa shape index (κ3) is 5.43. The smallest absolute Gasteiger partial charge is 0.253 e. The normalized spacial score (nSPS) is 20.9. The number of amides is 2. The first kappa shape index (κ1) is 21.8. The quantitative estimate of drug-likeness (QED) is 0.651. The summed E-state index contributed by atoms with van der Waals surface area (Å²) in [4.78, 5) is 38.3. The number of hydrogen-bond acceptors (Lipinski definition) is 6. The maximum atomic E-state index is 12.8. The van der Waals surface area contributed by atoms with Gasteiger partial charge in [-0.05, 0) is 25.0 Å². The van der Waals surface area contributed by atoms with Crippen molar-refractivity contribution in [2.24, 2.45) is 0 Å². The van der Waals surface area contributed by atoms with Crippen LogP contribution >= 0.6 is 0 Å². The highest BCUT2D eigenvalue weighted by atomic mass is 16.2. The molecule has 2 saturated heterocycles. The van der Waals surface area contributed by atoms with Crippen LogP contribution < -0.4 is 10.2 Å². The van der Waals surface area contributed by atoms with E-state index in [0.717, 1.165) is 64.2 Å². The highest BCUT2D eigenvalue weighted by molar-refractivity contribution is 5.94. The summed E-state index contributed by atoms with van der Waals surface area (Å²) in [6, 6.07) is 4.47. The Kier molecular flexibility index (Phi) is 7.19. The van der Waals surface area contributed by atoms with Gasteiger partial charge in [-0.3, -0.25) is 19.4 Å². The van der Waals surface area contributed by atoms with E-state index in [0.29, 0.717) is 18.7 Å². The SMILES string of the molecule is C=CCNC(=O)c1ccc(N2CCN(CC(=O)N3CCN(C4CCC4)CC3)CC2)nc1. The summed E-state index contributed by atoms with van der Waals surface area (Å²) < 4.78 is 0. The summed E-state index contributed by atoms with van der Waals surface area (Å²) in [5.41, 5.74) is 0.548. The molecule has 1 aromatic heterocycles. The van der Waals surface area contributed by atoms with E-state index < -0.39 is 0 Å². The molecule has 3 aliphatic rings. The first-order chi connectivity index (χ1) is 15.1. The minimum atomic E-state index is -0.143. The maximum Gasteiger partial charge on any atom is 0.253 e. The molecular formula is C23H34N6O2. The predicted octanol–water partition coefficient (Wildman–Crippen LogP) is 0.816. The Morgan fingerprint density at radius 1 is 1.06 bits per heavy atom. The summed E-state index contributed by atoms with van der Waals surface area (Å²) in [5.74, 6) is 0.990. The molecule has 8 nitrogen and oxygen atoms in total. The molecule has 1 N–H and O–H groups in total. The molecule has 0 spiro atoms. The Labute approximate surface area is 184 Å². The van der Waals surface area contributed by atoms with Crippen molar-refractivity contribution in [3.8, 4) is 0 Å². The number of rotatable bonds is 7. The number of carbonyl (C=O) groups is 2. The second-order valence-corrected chi connectivity index (χ2v) is 8.67. The van der Waals surface area contributed by atoms with Crippen LogP contribution in [0, 0.1) is 0 Å². The van der Waals surface area contributed by atoms with Crippen LogP contribution in [0.4, 0.5) is 5.82 Å². The maximum absolute atomic E-state index is 12.8. The van der Waals surface area contributed by atoms with Gasteiger partial charge in [0.2, 0.25) is 5.91 Å². The van der Waals surface area contributed by atoms with Gasteiger partial charge in [-0.15, -0.1) is 6.58 Å². The molecule has 8 heteroatoms. The van der Waals surface area contributed by atoms with Gasteiger partial charge in [-0.1, -0.05) is 12.5 Å².